The highest BCUT2D eigenvalue weighted by molar-refractivity contribution is 14.1. The van der Waals surface area contributed by atoms with Crippen molar-refractivity contribution in [3.05, 3.63) is 59.6 Å². The van der Waals surface area contributed by atoms with Crippen LogP contribution in [-0.2, 0) is 11.4 Å². The summed E-state index contributed by atoms with van der Waals surface area (Å²) in [5.41, 5.74) is 1.97. The fourth-order valence-corrected chi connectivity index (χ4v) is 4.83. The Bertz CT molecular complexity index is 945. The molecule has 1 saturated heterocycles. The third-order valence-electron chi connectivity index (χ3n) is 3.91. The highest BCUT2D eigenvalue weighted by Gasteiger charge is 2.28. The van der Waals surface area contributed by atoms with Crippen molar-refractivity contribution in [2.24, 2.45) is 0 Å². The van der Waals surface area contributed by atoms with Crippen molar-refractivity contribution in [1.82, 2.24) is 4.90 Å². The van der Waals surface area contributed by atoms with Gasteiger partial charge in [-0.05, 0) is 93.6 Å². The number of benzene rings is 2. The third-order valence-corrected chi connectivity index (χ3v) is 6.92. The molecule has 1 aliphatic rings. The summed E-state index contributed by atoms with van der Waals surface area (Å²) in [6.45, 7) is 2.92. The maximum Gasteiger partial charge on any atom is 0.265 e. The number of nitrogens with zero attached hydrogens (tertiary/aromatic N) is 1. The Morgan fingerprint density at radius 3 is 2.50 bits per heavy atom. The maximum absolute atomic E-state index is 12.3. The number of rotatable bonds is 6. The molecule has 1 heterocycles. The van der Waals surface area contributed by atoms with Gasteiger partial charge < -0.3 is 9.47 Å². The lowest BCUT2D eigenvalue weighted by Gasteiger charge is -2.15. The second kappa shape index (κ2) is 9.77. The number of hydrogen-bond acceptors (Lipinski definition) is 5. The summed E-state index contributed by atoms with van der Waals surface area (Å²) in [5.74, 6) is 1.29. The lowest BCUT2D eigenvalue weighted by molar-refractivity contribution is -0.121. The van der Waals surface area contributed by atoms with Crippen molar-refractivity contribution < 1.29 is 14.3 Å². The Labute approximate surface area is 201 Å². The molecule has 2 aromatic carbocycles. The molecule has 146 valence electrons. The van der Waals surface area contributed by atoms with Gasteiger partial charge >= 0.3 is 0 Å². The van der Waals surface area contributed by atoms with E-state index in [0.717, 1.165) is 14.7 Å². The minimum absolute atomic E-state index is 0.0815. The van der Waals surface area contributed by atoms with Crippen molar-refractivity contribution in [1.29, 1.82) is 0 Å². The summed E-state index contributed by atoms with van der Waals surface area (Å²) in [7, 11) is 1.69. The van der Waals surface area contributed by atoms with Crippen LogP contribution in [-0.4, -0.2) is 28.8 Å². The van der Waals surface area contributed by atoms with Crippen LogP contribution in [0.1, 0.15) is 18.1 Å². The molecule has 0 aromatic heterocycles. The summed E-state index contributed by atoms with van der Waals surface area (Å²) < 4.78 is 14.6. The van der Waals surface area contributed by atoms with E-state index < -0.39 is 0 Å². The van der Waals surface area contributed by atoms with E-state index in [9.17, 15) is 4.79 Å². The predicted molar refractivity (Wildman–Crippen MR) is 135 cm³/mol. The molecule has 0 atom stereocenters. The summed E-state index contributed by atoms with van der Waals surface area (Å²) in [6.07, 6.45) is 1.84. The highest BCUT2D eigenvalue weighted by atomic mass is 127. The van der Waals surface area contributed by atoms with Crippen molar-refractivity contribution >= 4 is 85.5 Å². The lowest BCUT2D eigenvalue weighted by atomic mass is 10.1. The maximum atomic E-state index is 12.3. The first kappa shape index (κ1) is 21.8. The Balaban J connectivity index is 1.86. The molecule has 28 heavy (non-hydrogen) atoms. The van der Waals surface area contributed by atoms with Crippen LogP contribution < -0.4 is 9.47 Å². The van der Waals surface area contributed by atoms with Gasteiger partial charge in [-0.25, -0.2) is 0 Å². The van der Waals surface area contributed by atoms with Gasteiger partial charge in [-0.2, -0.15) is 0 Å². The van der Waals surface area contributed by atoms with Crippen LogP contribution in [0.5, 0.6) is 11.5 Å². The summed E-state index contributed by atoms with van der Waals surface area (Å²) in [5, 5.41) is 0. The van der Waals surface area contributed by atoms with Crippen LogP contribution in [0, 0.1) is 7.14 Å². The number of ether oxygens (including phenoxy) is 2. The molecule has 0 radical (unpaired) electrons. The SMILES string of the molecule is CCOc1cc(/C=C2\SC(=S)N(C)C2=O)cc(I)c1OCc1ccc(I)cc1. The number of halogens is 2. The topological polar surface area (TPSA) is 38.8 Å². The quantitative estimate of drug-likeness (QED) is 0.231. The van der Waals surface area contributed by atoms with Gasteiger partial charge in [0.1, 0.15) is 10.9 Å². The van der Waals surface area contributed by atoms with Crippen LogP contribution in [0.15, 0.2) is 41.3 Å². The van der Waals surface area contributed by atoms with Crippen LogP contribution in [0.3, 0.4) is 0 Å². The molecule has 3 rings (SSSR count). The largest absolute Gasteiger partial charge is 0.490 e. The molecule has 0 unspecified atom stereocenters. The average Bonchev–Trinajstić information content (AvgIpc) is 2.89. The monoisotopic (exact) mass is 637 g/mol. The molecule has 1 aliphatic heterocycles. The Kier molecular flexibility index (Phi) is 7.62. The fraction of sp³-hybridized carbons (Fsp3) is 0.200. The van der Waals surface area contributed by atoms with Crippen LogP contribution in [0.2, 0.25) is 0 Å². The Hall–Kier alpha value is -0.850. The number of thioether (sulfide) groups is 1. The van der Waals surface area contributed by atoms with Gasteiger partial charge in [0.15, 0.2) is 11.5 Å². The van der Waals surface area contributed by atoms with Crippen molar-refractivity contribution in [3.63, 3.8) is 0 Å². The van der Waals surface area contributed by atoms with Gasteiger partial charge in [0.25, 0.3) is 5.91 Å². The molecular formula is C20H17I2NO3S2. The Morgan fingerprint density at radius 1 is 1.18 bits per heavy atom. The number of hydrogen-bond donors (Lipinski definition) is 0. The van der Waals surface area contributed by atoms with E-state index in [4.69, 9.17) is 21.7 Å². The zero-order valence-corrected chi connectivity index (χ0v) is 21.1. The van der Waals surface area contributed by atoms with Gasteiger partial charge in [-0.1, -0.05) is 36.1 Å². The minimum Gasteiger partial charge on any atom is -0.490 e. The zero-order chi connectivity index (χ0) is 20.3. The number of likely N-dealkylation sites (N-methyl/N-ethyl adjacent to an activating group) is 1. The summed E-state index contributed by atoms with van der Waals surface area (Å²) in [6, 6.07) is 12.1. The van der Waals surface area contributed by atoms with Crippen molar-refractivity contribution in [3.8, 4) is 11.5 Å². The summed E-state index contributed by atoms with van der Waals surface area (Å²) >= 11 is 11.0. The molecular weight excluding hydrogens is 620 g/mol. The van der Waals surface area contributed by atoms with Gasteiger partial charge in [-0.15, -0.1) is 0 Å². The molecule has 0 bridgehead atoms. The van der Waals surface area contributed by atoms with E-state index in [1.165, 1.54) is 20.2 Å². The smallest absolute Gasteiger partial charge is 0.265 e. The van der Waals surface area contributed by atoms with Crippen LogP contribution >= 0.6 is 69.2 Å². The molecule has 0 spiro atoms. The van der Waals surface area contributed by atoms with Crippen molar-refractivity contribution in [2.45, 2.75) is 13.5 Å². The number of carbonyl (C=O) groups is 1. The number of carbonyl (C=O) groups excluding carboxylic acids is 1. The molecule has 0 saturated carbocycles. The average molecular weight is 637 g/mol. The molecule has 1 fully saturated rings. The lowest BCUT2D eigenvalue weighted by Crippen LogP contribution is -2.22. The second-order valence-corrected chi connectivity index (χ2v) is 10.0. The van der Waals surface area contributed by atoms with E-state index >= 15 is 0 Å². The first-order valence-electron chi connectivity index (χ1n) is 8.44. The van der Waals surface area contributed by atoms with E-state index in [-0.39, 0.29) is 5.91 Å². The highest BCUT2D eigenvalue weighted by Crippen LogP contribution is 2.37. The Morgan fingerprint density at radius 2 is 1.89 bits per heavy atom. The van der Waals surface area contributed by atoms with Crippen LogP contribution in [0.4, 0.5) is 0 Å². The third kappa shape index (κ3) is 5.19. The number of thiocarbonyl (C=S) groups is 1. The molecule has 0 aliphatic carbocycles. The normalized spacial score (nSPS) is 15.4. The van der Waals surface area contributed by atoms with Gasteiger partial charge in [0.2, 0.25) is 0 Å². The molecule has 4 nitrogen and oxygen atoms in total. The number of amides is 1. The van der Waals surface area contributed by atoms with Crippen LogP contribution in [0.25, 0.3) is 6.08 Å². The second-order valence-electron chi connectivity index (χ2n) is 5.92. The van der Waals surface area contributed by atoms with E-state index in [2.05, 4.69) is 69.4 Å². The molecule has 8 heteroatoms. The predicted octanol–water partition coefficient (Wildman–Crippen LogP) is 5.70. The zero-order valence-electron chi connectivity index (χ0n) is 15.2. The van der Waals surface area contributed by atoms with Gasteiger partial charge in [0.05, 0.1) is 15.1 Å². The first-order chi connectivity index (χ1) is 13.4. The van der Waals surface area contributed by atoms with Gasteiger partial charge in [0, 0.05) is 10.6 Å². The molecule has 2 aromatic rings. The summed E-state index contributed by atoms with van der Waals surface area (Å²) in [4.78, 5) is 14.4. The van der Waals surface area contributed by atoms with Crippen molar-refractivity contribution in [2.75, 3.05) is 13.7 Å². The molecule has 0 N–H and O–H groups in total. The standard InChI is InChI=1S/C20H17I2NO3S2/c1-3-25-16-9-13(10-17-19(24)23(2)20(27)28-17)8-15(22)18(16)26-11-12-4-6-14(21)7-5-12/h4-10H,3,11H2,1-2H3/b17-10-. The van der Waals surface area contributed by atoms with E-state index in [1.54, 1.807) is 7.05 Å². The minimum atomic E-state index is -0.0815. The van der Waals surface area contributed by atoms with E-state index in [0.29, 0.717) is 33.9 Å². The first-order valence-corrected chi connectivity index (χ1v) is 11.8. The fourth-order valence-electron chi connectivity index (χ4n) is 2.51. The van der Waals surface area contributed by atoms with E-state index in [1.807, 2.05) is 25.1 Å². The van der Waals surface area contributed by atoms with Gasteiger partial charge in [-0.3, -0.25) is 9.69 Å². The molecule has 1 amide bonds.